The van der Waals surface area contributed by atoms with Crippen LogP contribution in [0.5, 0.6) is 5.75 Å². The third kappa shape index (κ3) is 2.80. The zero-order valence-corrected chi connectivity index (χ0v) is 19.2. The van der Waals surface area contributed by atoms with Crippen LogP contribution >= 0.6 is 23.2 Å². The van der Waals surface area contributed by atoms with Crippen LogP contribution < -0.4 is 10.1 Å². The van der Waals surface area contributed by atoms with Crippen molar-refractivity contribution in [1.82, 2.24) is 10.2 Å². The standard InChI is InChI=1S/C23H22Cl2N2O6/c1-27-20(31)22(24)10-14-11(6-7-13-16(14)19(30)26-18(13)29)17(23(22,25)21(27)32)12-4-2-3-5-15(12)33-9-8-28/h2-6,13-14,16-17,28H,7-10H2,1H3,(H,26,29,30)/t13-,14+,16-,17+,22+,23-/m0/s1. The van der Waals surface area contributed by atoms with Crippen LogP contribution in [-0.2, 0) is 19.2 Å². The van der Waals surface area contributed by atoms with Crippen LogP contribution in [0.1, 0.15) is 24.3 Å². The predicted octanol–water partition coefficient (Wildman–Crippen LogP) is 1.33. The Morgan fingerprint density at radius 2 is 1.85 bits per heavy atom. The summed E-state index contributed by atoms with van der Waals surface area (Å²) in [5.41, 5.74) is 1.23. The summed E-state index contributed by atoms with van der Waals surface area (Å²) in [5.74, 6) is -4.31. The number of hydrogen-bond donors (Lipinski definition) is 2. The maximum absolute atomic E-state index is 13.5. The largest absolute Gasteiger partial charge is 0.491 e. The second kappa shape index (κ2) is 7.55. The topological polar surface area (TPSA) is 113 Å². The molecule has 10 heteroatoms. The summed E-state index contributed by atoms with van der Waals surface area (Å²) in [4.78, 5) is 49.1. The molecular weight excluding hydrogens is 471 g/mol. The van der Waals surface area contributed by atoms with Crippen molar-refractivity contribution in [3.05, 3.63) is 41.5 Å². The Bertz CT molecular complexity index is 1120. The maximum Gasteiger partial charge on any atom is 0.253 e. The highest BCUT2D eigenvalue weighted by Crippen LogP contribution is 2.65. The molecule has 33 heavy (non-hydrogen) atoms. The molecule has 4 aliphatic rings. The normalized spacial score (nSPS) is 37.3. The molecule has 2 aliphatic heterocycles. The van der Waals surface area contributed by atoms with E-state index in [1.54, 1.807) is 24.3 Å². The number of benzene rings is 1. The minimum absolute atomic E-state index is 0.0158. The molecule has 2 N–H and O–H groups in total. The number of nitrogens with one attached hydrogen (secondary N) is 1. The first-order valence-electron chi connectivity index (χ1n) is 10.7. The number of amides is 4. The summed E-state index contributed by atoms with van der Waals surface area (Å²) in [6, 6.07) is 6.93. The molecule has 174 valence electrons. The van der Waals surface area contributed by atoms with Gasteiger partial charge in [-0.1, -0.05) is 29.8 Å². The summed E-state index contributed by atoms with van der Waals surface area (Å²) < 4.78 is 5.74. The van der Waals surface area contributed by atoms with E-state index in [1.807, 2.05) is 6.08 Å². The molecule has 2 heterocycles. The second-order valence-electron chi connectivity index (χ2n) is 8.96. The Labute approximate surface area is 199 Å². The lowest BCUT2D eigenvalue weighted by Crippen LogP contribution is -2.60. The van der Waals surface area contributed by atoms with Crippen molar-refractivity contribution in [1.29, 1.82) is 0 Å². The lowest BCUT2D eigenvalue weighted by molar-refractivity contribution is -0.138. The van der Waals surface area contributed by atoms with E-state index in [4.69, 9.17) is 27.9 Å². The smallest absolute Gasteiger partial charge is 0.253 e. The molecule has 4 amide bonds. The molecule has 6 atom stereocenters. The number of carbonyl (C=O) groups is 4. The van der Waals surface area contributed by atoms with Gasteiger partial charge >= 0.3 is 0 Å². The lowest BCUT2D eigenvalue weighted by atomic mass is 9.56. The van der Waals surface area contributed by atoms with Crippen LogP contribution in [0.3, 0.4) is 0 Å². The number of likely N-dealkylation sites (tertiary alicyclic amines) is 1. The summed E-state index contributed by atoms with van der Waals surface area (Å²) in [5, 5.41) is 11.7. The van der Waals surface area contributed by atoms with Gasteiger partial charge in [-0.25, -0.2) is 0 Å². The summed E-state index contributed by atoms with van der Waals surface area (Å²) >= 11 is 14.1. The number of alkyl halides is 2. The van der Waals surface area contributed by atoms with Gasteiger partial charge in [0, 0.05) is 18.5 Å². The van der Waals surface area contributed by atoms with Gasteiger partial charge < -0.3 is 9.84 Å². The van der Waals surface area contributed by atoms with Crippen LogP contribution in [0.4, 0.5) is 0 Å². The number of fused-ring (bicyclic) bond motifs is 4. The molecule has 2 aliphatic carbocycles. The van der Waals surface area contributed by atoms with E-state index in [2.05, 4.69) is 5.32 Å². The van der Waals surface area contributed by atoms with Crippen molar-refractivity contribution in [3.63, 3.8) is 0 Å². The van der Waals surface area contributed by atoms with Crippen molar-refractivity contribution in [2.45, 2.75) is 28.5 Å². The summed E-state index contributed by atoms with van der Waals surface area (Å²) in [6.07, 6.45) is 2.12. The van der Waals surface area contributed by atoms with Crippen LogP contribution in [0.2, 0.25) is 0 Å². The van der Waals surface area contributed by atoms with Crippen LogP contribution in [0, 0.1) is 17.8 Å². The third-order valence-corrected chi connectivity index (χ3v) is 8.85. The number of allylic oxidation sites excluding steroid dienone is 2. The molecule has 8 nitrogen and oxygen atoms in total. The quantitative estimate of drug-likeness (QED) is 0.372. The van der Waals surface area contributed by atoms with Crippen molar-refractivity contribution >= 4 is 46.8 Å². The number of aliphatic hydroxyl groups excluding tert-OH is 1. The number of aliphatic hydroxyl groups is 1. The number of para-hydroxylation sites is 1. The lowest BCUT2D eigenvalue weighted by Gasteiger charge is -2.51. The number of ether oxygens (including phenoxy) is 1. The number of nitrogens with zero attached hydrogens (tertiary/aromatic N) is 1. The van der Waals surface area contributed by atoms with Gasteiger partial charge in [-0.3, -0.25) is 29.4 Å². The highest BCUT2D eigenvalue weighted by atomic mass is 35.5. The van der Waals surface area contributed by atoms with Gasteiger partial charge in [-0.15, -0.1) is 23.2 Å². The Hall–Kier alpha value is -2.42. The Morgan fingerprint density at radius 3 is 2.58 bits per heavy atom. The van der Waals surface area contributed by atoms with E-state index in [0.29, 0.717) is 23.3 Å². The van der Waals surface area contributed by atoms with Crippen molar-refractivity contribution < 1.29 is 29.0 Å². The van der Waals surface area contributed by atoms with Gasteiger partial charge in [0.1, 0.15) is 12.4 Å². The molecule has 0 bridgehead atoms. The zero-order chi connectivity index (χ0) is 23.7. The molecule has 5 rings (SSSR count). The first kappa shape index (κ1) is 22.4. The number of halogens is 2. The fourth-order valence-corrected chi connectivity index (χ4v) is 7.02. The Morgan fingerprint density at radius 1 is 1.12 bits per heavy atom. The summed E-state index contributed by atoms with van der Waals surface area (Å²) in [6.45, 7) is -0.204. The van der Waals surface area contributed by atoms with E-state index in [0.717, 1.165) is 4.90 Å². The minimum atomic E-state index is -1.85. The highest BCUT2D eigenvalue weighted by molar-refractivity contribution is 6.53. The van der Waals surface area contributed by atoms with Crippen molar-refractivity contribution in [3.8, 4) is 5.75 Å². The zero-order valence-electron chi connectivity index (χ0n) is 17.7. The van der Waals surface area contributed by atoms with Crippen LogP contribution in [-0.4, -0.2) is 63.6 Å². The highest BCUT2D eigenvalue weighted by Gasteiger charge is 2.75. The van der Waals surface area contributed by atoms with E-state index in [1.165, 1.54) is 7.05 Å². The monoisotopic (exact) mass is 492 g/mol. The molecule has 0 spiro atoms. The minimum Gasteiger partial charge on any atom is -0.491 e. The van der Waals surface area contributed by atoms with Crippen molar-refractivity contribution in [2.24, 2.45) is 17.8 Å². The van der Waals surface area contributed by atoms with Gasteiger partial charge in [0.2, 0.25) is 11.8 Å². The maximum atomic E-state index is 13.5. The fraction of sp³-hybridized carbons (Fsp3) is 0.478. The molecule has 2 saturated heterocycles. The predicted molar refractivity (Wildman–Crippen MR) is 118 cm³/mol. The Balaban J connectivity index is 1.74. The van der Waals surface area contributed by atoms with Gasteiger partial charge in [0.05, 0.1) is 18.4 Å². The van der Waals surface area contributed by atoms with E-state index >= 15 is 0 Å². The first-order valence-corrected chi connectivity index (χ1v) is 11.5. The third-order valence-electron chi connectivity index (χ3n) is 7.44. The molecule has 0 radical (unpaired) electrons. The number of imide groups is 2. The van der Waals surface area contributed by atoms with E-state index < -0.39 is 51.1 Å². The number of rotatable bonds is 4. The molecule has 0 unspecified atom stereocenters. The van der Waals surface area contributed by atoms with Crippen molar-refractivity contribution in [2.75, 3.05) is 20.3 Å². The van der Waals surface area contributed by atoms with Gasteiger partial charge in [-0.2, -0.15) is 0 Å². The first-order chi connectivity index (χ1) is 15.7. The fourth-order valence-electron chi connectivity index (χ4n) is 6.01. The Kier molecular flexibility index (Phi) is 5.12. The average molecular weight is 493 g/mol. The molecule has 1 saturated carbocycles. The molecular formula is C23H22Cl2N2O6. The van der Waals surface area contributed by atoms with Crippen LogP contribution in [0.25, 0.3) is 0 Å². The van der Waals surface area contributed by atoms with E-state index in [-0.39, 0.29) is 25.5 Å². The van der Waals surface area contributed by atoms with Gasteiger partial charge in [-0.05, 0) is 24.8 Å². The average Bonchev–Trinajstić information content (AvgIpc) is 3.16. The molecule has 1 aromatic rings. The van der Waals surface area contributed by atoms with E-state index in [9.17, 15) is 24.3 Å². The molecule has 1 aromatic carbocycles. The molecule has 3 fully saturated rings. The second-order valence-corrected chi connectivity index (χ2v) is 10.2. The molecule has 0 aromatic heterocycles. The van der Waals surface area contributed by atoms with Crippen LogP contribution in [0.15, 0.2) is 35.9 Å². The summed E-state index contributed by atoms with van der Waals surface area (Å²) in [7, 11) is 1.34. The SMILES string of the molecule is CN1C(=O)[C@]2(Cl)C[C@@H]3C(=CC[C@@H]4C(=O)NC(=O)[C@@H]43)[C@H](c3ccccc3OCCO)[C@]2(Cl)C1=O. The van der Waals surface area contributed by atoms with Gasteiger partial charge in [0.15, 0.2) is 9.75 Å². The van der Waals surface area contributed by atoms with Gasteiger partial charge in [0.25, 0.3) is 11.8 Å². The number of carbonyl (C=O) groups excluding carboxylic acids is 4. The number of hydrogen-bond acceptors (Lipinski definition) is 6.